The molecule has 1 aliphatic carbocycles. The zero-order valence-corrected chi connectivity index (χ0v) is 14.4. The van der Waals surface area contributed by atoms with Crippen LogP contribution in [0.4, 0.5) is 4.79 Å². The molecule has 7 heteroatoms. The van der Waals surface area contributed by atoms with Gasteiger partial charge < -0.3 is 9.47 Å². The van der Waals surface area contributed by atoms with E-state index >= 15 is 0 Å². The number of hydrogen-bond acceptors (Lipinski definition) is 4. The van der Waals surface area contributed by atoms with Crippen molar-refractivity contribution in [1.82, 2.24) is 5.32 Å². The van der Waals surface area contributed by atoms with Crippen molar-refractivity contribution in [2.45, 2.75) is 24.9 Å². The third-order valence-electron chi connectivity index (χ3n) is 4.44. The monoisotopic (exact) mass is 377 g/mol. The summed E-state index contributed by atoms with van der Waals surface area (Å²) in [6.45, 7) is 0. The molecule has 0 radical (unpaired) electrons. The van der Waals surface area contributed by atoms with Gasteiger partial charge in [0.05, 0.1) is 5.02 Å². The van der Waals surface area contributed by atoms with Crippen LogP contribution in [0, 0.1) is 0 Å². The van der Waals surface area contributed by atoms with Gasteiger partial charge in [-0.2, -0.15) is 0 Å². The number of halogens is 2. The average Bonchev–Trinajstić information content (AvgIpc) is 3.12. The summed E-state index contributed by atoms with van der Waals surface area (Å²) in [5.41, 5.74) is 2.08. The van der Waals surface area contributed by atoms with Crippen LogP contribution in [-0.4, -0.2) is 18.1 Å². The number of ether oxygens (including phenoxy) is 2. The van der Waals surface area contributed by atoms with Crippen LogP contribution in [-0.2, 0) is 16.0 Å². The normalized spacial score (nSPS) is 21.7. The third kappa shape index (κ3) is 3.05. The number of fused-ring (bicyclic) bond motifs is 1. The first kappa shape index (κ1) is 16.2. The highest BCUT2D eigenvalue weighted by Gasteiger charge is 2.42. The molecule has 2 aromatic carbocycles. The lowest BCUT2D eigenvalue weighted by molar-refractivity contribution is -0.124. The minimum atomic E-state index is -0.758. The van der Waals surface area contributed by atoms with Crippen molar-refractivity contribution in [3.05, 3.63) is 57.6 Å². The van der Waals surface area contributed by atoms with Gasteiger partial charge in [-0.15, -0.1) is 0 Å². The SMILES string of the molecule is O=C1NC(=O)C([C@@H]2CCc3cc(Oc4ccc(Cl)cc4Cl)ccc32)O1. The van der Waals surface area contributed by atoms with E-state index in [1.807, 2.05) is 18.2 Å². The number of aryl methyl sites for hydroxylation is 1. The van der Waals surface area contributed by atoms with Crippen LogP contribution < -0.4 is 10.1 Å². The second kappa shape index (κ2) is 6.24. The fourth-order valence-corrected chi connectivity index (χ4v) is 3.77. The first-order chi connectivity index (χ1) is 12.0. The number of cyclic esters (lactones) is 1. The maximum atomic E-state index is 11.8. The van der Waals surface area contributed by atoms with E-state index in [-0.39, 0.29) is 11.8 Å². The zero-order valence-electron chi connectivity index (χ0n) is 12.9. The van der Waals surface area contributed by atoms with Crippen molar-refractivity contribution in [1.29, 1.82) is 0 Å². The highest BCUT2D eigenvalue weighted by Crippen LogP contribution is 2.40. The van der Waals surface area contributed by atoms with Gasteiger partial charge in [-0.3, -0.25) is 10.1 Å². The molecule has 1 saturated heterocycles. The lowest BCUT2D eigenvalue weighted by Gasteiger charge is -2.16. The number of carbonyl (C=O) groups excluding carboxylic acids is 2. The van der Waals surface area contributed by atoms with E-state index in [4.69, 9.17) is 32.7 Å². The molecule has 0 bridgehead atoms. The van der Waals surface area contributed by atoms with E-state index in [1.165, 1.54) is 0 Å². The molecule has 1 heterocycles. The molecule has 0 saturated carbocycles. The second-order valence-corrected chi connectivity index (χ2v) is 6.84. The quantitative estimate of drug-likeness (QED) is 0.857. The molecule has 1 N–H and O–H groups in total. The molecule has 1 aliphatic heterocycles. The molecular weight excluding hydrogens is 365 g/mol. The molecule has 4 rings (SSSR count). The Balaban J connectivity index is 1.57. The summed E-state index contributed by atoms with van der Waals surface area (Å²) in [6, 6.07) is 10.7. The number of imide groups is 1. The summed E-state index contributed by atoms with van der Waals surface area (Å²) < 4.78 is 10.9. The molecular formula is C18H13Cl2NO4. The molecule has 2 aliphatic rings. The number of benzene rings is 2. The van der Waals surface area contributed by atoms with Crippen LogP contribution in [0.5, 0.6) is 11.5 Å². The van der Waals surface area contributed by atoms with Gasteiger partial charge in [0.15, 0.2) is 6.10 Å². The van der Waals surface area contributed by atoms with Gasteiger partial charge >= 0.3 is 6.09 Å². The van der Waals surface area contributed by atoms with Gasteiger partial charge in [-0.1, -0.05) is 29.3 Å². The predicted molar refractivity (Wildman–Crippen MR) is 92.5 cm³/mol. The van der Waals surface area contributed by atoms with E-state index in [0.29, 0.717) is 21.5 Å². The minimum absolute atomic E-state index is 0.130. The predicted octanol–water partition coefficient (Wildman–Crippen LogP) is 4.45. The van der Waals surface area contributed by atoms with E-state index in [9.17, 15) is 9.59 Å². The molecule has 5 nitrogen and oxygen atoms in total. The Morgan fingerprint density at radius 2 is 1.96 bits per heavy atom. The standard InChI is InChI=1S/C18H13Cl2NO4/c19-10-2-6-15(14(20)8-10)24-11-3-5-12-9(7-11)1-4-13(12)16-17(22)21-18(23)25-16/h2-3,5-8,13,16H,1,4H2,(H,21,22,23)/t13-,16?/m1/s1. The Bertz CT molecular complexity index is 883. The van der Waals surface area contributed by atoms with E-state index in [2.05, 4.69) is 5.32 Å². The first-order valence-electron chi connectivity index (χ1n) is 7.78. The number of amides is 2. The molecule has 0 spiro atoms. The first-order valence-corrected chi connectivity index (χ1v) is 8.54. The van der Waals surface area contributed by atoms with Crippen molar-refractivity contribution in [3.8, 4) is 11.5 Å². The van der Waals surface area contributed by atoms with Crippen LogP contribution in [0.3, 0.4) is 0 Å². The summed E-state index contributed by atoms with van der Waals surface area (Å²) in [7, 11) is 0. The van der Waals surface area contributed by atoms with Crippen molar-refractivity contribution in [3.63, 3.8) is 0 Å². The Labute approximate surface area is 153 Å². The summed E-state index contributed by atoms with van der Waals surface area (Å²) in [6.07, 6.45) is 0.0886. The highest BCUT2D eigenvalue weighted by atomic mass is 35.5. The molecule has 128 valence electrons. The highest BCUT2D eigenvalue weighted by molar-refractivity contribution is 6.35. The maximum absolute atomic E-state index is 11.8. The van der Waals surface area contributed by atoms with Crippen molar-refractivity contribution in [2.24, 2.45) is 0 Å². The zero-order chi connectivity index (χ0) is 17.6. The van der Waals surface area contributed by atoms with Gasteiger partial charge in [-0.25, -0.2) is 4.79 Å². The third-order valence-corrected chi connectivity index (χ3v) is 4.97. The molecule has 2 atom stereocenters. The van der Waals surface area contributed by atoms with Gasteiger partial charge in [0.1, 0.15) is 11.5 Å². The van der Waals surface area contributed by atoms with Crippen LogP contribution in [0.1, 0.15) is 23.5 Å². The van der Waals surface area contributed by atoms with Gasteiger partial charge in [0.25, 0.3) is 5.91 Å². The van der Waals surface area contributed by atoms with Crippen LogP contribution >= 0.6 is 23.2 Å². The minimum Gasteiger partial charge on any atom is -0.456 e. The summed E-state index contributed by atoms with van der Waals surface area (Å²) in [4.78, 5) is 23.1. The summed E-state index contributed by atoms with van der Waals surface area (Å²) >= 11 is 12.0. The van der Waals surface area contributed by atoms with Crippen LogP contribution in [0.25, 0.3) is 0 Å². The topological polar surface area (TPSA) is 64.6 Å². The average molecular weight is 378 g/mol. The van der Waals surface area contributed by atoms with Crippen molar-refractivity contribution >= 4 is 35.2 Å². The van der Waals surface area contributed by atoms with E-state index in [0.717, 1.165) is 24.0 Å². The van der Waals surface area contributed by atoms with Gasteiger partial charge in [0, 0.05) is 10.9 Å². The molecule has 2 aromatic rings. The van der Waals surface area contributed by atoms with Crippen molar-refractivity contribution in [2.75, 3.05) is 0 Å². The largest absolute Gasteiger partial charge is 0.456 e. The number of nitrogens with one attached hydrogen (secondary N) is 1. The Morgan fingerprint density at radius 3 is 2.68 bits per heavy atom. The molecule has 0 aromatic heterocycles. The number of hydrogen-bond donors (Lipinski definition) is 1. The number of carbonyl (C=O) groups is 2. The summed E-state index contributed by atoms with van der Waals surface area (Å²) in [5.74, 6) is 0.659. The fraction of sp³-hybridized carbons (Fsp3) is 0.222. The van der Waals surface area contributed by atoms with E-state index in [1.54, 1.807) is 18.2 Å². The maximum Gasteiger partial charge on any atom is 0.414 e. The molecule has 1 unspecified atom stereocenters. The molecule has 1 fully saturated rings. The second-order valence-electron chi connectivity index (χ2n) is 6.00. The summed E-state index contributed by atoms with van der Waals surface area (Å²) in [5, 5.41) is 3.15. The van der Waals surface area contributed by atoms with E-state index < -0.39 is 12.2 Å². The smallest absolute Gasteiger partial charge is 0.414 e. The Hall–Kier alpha value is -2.24. The molecule has 2 amide bonds. The van der Waals surface area contributed by atoms with Crippen LogP contribution in [0.15, 0.2) is 36.4 Å². The number of rotatable bonds is 3. The van der Waals surface area contributed by atoms with Gasteiger partial charge in [0.2, 0.25) is 0 Å². The fourth-order valence-electron chi connectivity index (χ4n) is 3.32. The number of alkyl carbamates (subject to hydrolysis) is 1. The molecule has 25 heavy (non-hydrogen) atoms. The Kier molecular flexibility index (Phi) is 4.06. The van der Waals surface area contributed by atoms with Gasteiger partial charge in [-0.05, 0) is 54.3 Å². The Morgan fingerprint density at radius 1 is 1.12 bits per heavy atom. The lowest BCUT2D eigenvalue weighted by atomic mass is 9.95. The van der Waals surface area contributed by atoms with Crippen molar-refractivity contribution < 1.29 is 19.1 Å². The van der Waals surface area contributed by atoms with Crippen LogP contribution in [0.2, 0.25) is 10.0 Å². The lowest BCUT2D eigenvalue weighted by Crippen LogP contribution is -2.28.